The van der Waals surface area contributed by atoms with Gasteiger partial charge < -0.3 is 9.80 Å². The minimum atomic E-state index is 0.208. The third-order valence-electron chi connectivity index (χ3n) is 5.18. The van der Waals surface area contributed by atoms with Gasteiger partial charge in [0.2, 0.25) is 5.91 Å². The van der Waals surface area contributed by atoms with E-state index in [1.807, 2.05) is 54.5 Å². The van der Waals surface area contributed by atoms with Crippen molar-refractivity contribution >= 4 is 21.8 Å². The van der Waals surface area contributed by atoms with Gasteiger partial charge in [-0.25, -0.2) is 0 Å². The Morgan fingerprint density at radius 2 is 1.92 bits per heavy atom. The molecule has 1 aromatic carbocycles. The largest absolute Gasteiger partial charge is 0.342 e. The summed E-state index contributed by atoms with van der Waals surface area (Å²) in [7, 11) is 1.95. The molecule has 4 nitrogen and oxygen atoms in total. The van der Waals surface area contributed by atoms with Crippen LogP contribution in [-0.2, 0) is 17.6 Å². The molecular formula is C21H26BrN3O. The van der Waals surface area contributed by atoms with Gasteiger partial charge in [0.25, 0.3) is 0 Å². The van der Waals surface area contributed by atoms with Crippen LogP contribution in [-0.4, -0.2) is 53.4 Å². The van der Waals surface area contributed by atoms with Gasteiger partial charge in [0.15, 0.2) is 0 Å². The first-order chi connectivity index (χ1) is 12.6. The number of likely N-dealkylation sites (N-methyl/N-ethyl adjacent to an activating group) is 1. The van der Waals surface area contributed by atoms with Crippen molar-refractivity contribution in [2.45, 2.75) is 31.7 Å². The van der Waals surface area contributed by atoms with E-state index in [1.54, 1.807) is 0 Å². The van der Waals surface area contributed by atoms with Crippen LogP contribution in [0.25, 0.3) is 0 Å². The van der Waals surface area contributed by atoms with Crippen LogP contribution in [0, 0.1) is 0 Å². The molecule has 2 aromatic rings. The molecule has 0 spiro atoms. The fraction of sp³-hybridized carbons (Fsp3) is 0.429. The fourth-order valence-electron chi connectivity index (χ4n) is 3.45. The van der Waals surface area contributed by atoms with Gasteiger partial charge in [-0.3, -0.25) is 9.78 Å². The number of aromatic nitrogens is 1. The molecule has 3 rings (SSSR count). The van der Waals surface area contributed by atoms with Crippen LogP contribution in [0.2, 0.25) is 0 Å². The van der Waals surface area contributed by atoms with E-state index in [0.717, 1.165) is 54.6 Å². The number of carbonyl (C=O) groups is 1. The molecule has 0 aliphatic carbocycles. The molecule has 1 amide bonds. The Morgan fingerprint density at radius 3 is 2.58 bits per heavy atom. The van der Waals surface area contributed by atoms with Gasteiger partial charge in [-0.1, -0.05) is 34.1 Å². The summed E-state index contributed by atoms with van der Waals surface area (Å²) in [6.45, 7) is 3.14. The number of halogens is 1. The Morgan fingerprint density at radius 1 is 1.19 bits per heavy atom. The second-order valence-electron chi connectivity index (χ2n) is 6.95. The van der Waals surface area contributed by atoms with Crippen molar-refractivity contribution in [3.8, 4) is 0 Å². The zero-order chi connectivity index (χ0) is 18.4. The maximum Gasteiger partial charge on any atom is 0.226 e. The Bertz CT molecular complexity index is 697. The van der Waals surface area contributed by atoms with Crippen molar-refractivity contribution in [1.29, 1.82) is 0 Å². The SMILES string of the molecule is CN(C(=O)Cc1ccc(Br)cc1)C1CCN(CCc2ccccn2)CC1. The van der Waals surface area contributed by atoms with Gasteiger partial charge in [0.05, 0.1) is 6.42 Å². The smallest absolute Gasteiger partial charge is 0.226 e. The quantitative estimate of drug-likeness (QED) is 0.723. The first kappa shape index (κ1) is 19.1. The van der Waals surface area contributed by atoms with Crippen molar-refractivity contribution in [2.24, 2.45) is 0 Å². The van der Waals surface area contributed by atoms with E-state index < -0.39 is 0 Å². The fourth-order valence-corrected chi connectivity index (χ4v) is 3.72. The highest BCUT2D eigenvalue weighted by Gasteiger charge is 2.25. The highest BCUT2D eigenvalue weighted by atomic mass is 79.9. The van der Waals surface area contributed by atoms with E-state index in [1.165, 1.54) is 0 Å². The molecule has 0 radical (unpaired) electrons. The molecule has 0 atom stereocenters. The second kappa shape index (κ2) is 9.28. The summed E-state index contributed by atoms with van der Waals surface area (Å²) in [5.41, 5.74) is 2.22. The van der Waals surface area contributed by atoms with Crippen molar-refractivity contribution in [2.75, 3.05) is 26.7 Å². The zero-order valence-corrected chi connectivity index (χ0v) is 16.9. The summed E-state index contributed by atoms with van der Waals surface area (Å²) in [5, 5.41) is 0. The average molecular weight is 416 g/mol. The molecule has 0 unspecified atom stereocenters. The Labute approximate surface area is 164 Å². The van der Waals surface area contributed by atoms with E-state index in [0.29, 0.717) is 12.5 Å². The predicted octanol–water partition coefficient (Wildman–Crippen LogP) is 3.55. The van der Waals surface area contributed by atoms with Crippen LogP contribution in [0.5, 0.6) is 0 Å². The maximum atomic E-state index is 12.6. The van der Waals surface area contributed by atoms with Crippen LogP contribution < -0.4 is 0 Å². The number of rotatable bonds is 6. The molecule has 1 aromatic heterocycles. The van der Waals surface area contributed by atoms with Gasteiger partial charge >= 0.3 is 0 Å². The summed E-state index contributed by atoms with van der Waals surface area (Å²) in [6, 6.07) is 14.4. The number of benzene rings is 1. The van der Waals surface area contributed by atoms with Gasteiger partial charge in [-0.05, 0) is 42.7 Å². The van der Waals surface area contributed by atoms with Crippen molar-refractivity contribution in [3.05, 3.63) is 64.4 Å². The normalized spacial score (nSPS) is 15.8. The maximum absolute atomic E-state index is 12.6. The van der Waals surface area contributed by atoms with Crippen molar-refractivity contribution in [3.63, 3.8) is 0 Å². The van der Waals surface area contributed by atoms with Gasteiger partial charge in [-0.15, -0.1) is 0 Å². The molecule has 1 aliphatic heterocycles. The van der Waals surface area contributed by atoms with Crippen LogP contribution in [0.3, 0.4) is 0 Å². The predicted molar refractivity (Wildman–Crippen MR) is 108 cm³/mol. The standard InChI is InChI=1S/C21H26BrN3O/c1-24(21(26)16-17-5-7-18(22)8-6-17)20-10-14-25(15-11-20)13-9-19-4-2-3-12-23-19/h2-8,12,20H,9-11,13-16H2,1H3. The number of piperidine rings is 1. The lowest BCUT2D eigenvalue weighted by molar-refractivity contribution is -0.132. The third kappa shape index (κ3) is 5.39. The molecular weight excluding hydrogens is 390 g/mol. The van der Waals surface area contributed by atoms with Crippen LogP contribution >= 0.6 is 15.9 Å². The monoisotopic (exact) mass is 415 g/mol. The summed E-state index contributed by atoms with van der Waals surface area (Å²) >= 11 is 3.43. The van der Waals surface area contributed by atoms with Crippen molar-refractivity contribution in [1.82, 2.24) is 14.8 Å². The lowest BCUT2D eigenvalue weighted by Crippen LogP contribution is -2.46. The number of likely N-dealkylation sites (tertiary alicyclic amines) is 1. The topological polar surface area (TPSA) is 36.4 Å². The number of hydrogen-bond donors (Lipinski definition) is 0. The Hall–Kier alpha value is -1.72. The lowest BCUT2D eigenvalue weighted by atomic mass is 10.0. The van der Waals surface area contributed by atoms with E-state index >= 15 is 0 Å². The summed E-state index contributed by atoms with van der Waals surface area (Å²) in [5.74, 6) is 0.208. The van der Waals surface area contributed by atoms with Crippen LogP contribution in [0.15, 0.2) is 53.1 Å². The first-order valence-corrected chi connectivity index (χ1v) is 10.0. The molecule has 5 heteroatoms. The van der Waals surface area contributed by atoms with E-state index in [9.17, 15) is 4.79 Å². The molecule has 1 aliphatic rings. The molecule has 2 heterocycles. The van der Waals surface area contributed by atoms with Crippen LogP contribution in [0.1, 0.15) is 24.1 Å². The highest BCUT2D eigenvalue weighted by Crippen LogP contribution is 2.18. The van der Waals surface area contributed by atoms with Gasteiger partial charge in [-0.2, -0.15) is 0 Å². The first-order valence-electron chi connectivity index (χ1n) is 9.24. The zero-order valence-electron chi connectivity index (χ0n) is 15.3. The van der Waals surface area contributed by atoms with Crippen LogP contribution in [0.4, 0.5) is 0 Å². The molecule has 0 bridgehead atoms. The van der Waals surface area contributed by atoms with Crippen molar-refractivity contribution < 1.29 is 4.79 Å². The van der Waals surface area contributed by atoms with E-state index in [2.05, 4.69) is 31.9 Å². The second-order valence-corrected chi connectivity index (χ2v) is 7.87. The molecule has 0 N–H and O–H groups in total. The Kier molecular flexibility index (Phi) is 6.80. The van der Waals surface area contributed by atoms with Gasteiger partial charge in [0.1, 0.15) is 0 Å². The number of hydrogen-bond acceptors (Lipinski definition) is 3. The molecule has 138 valence electrons. The third-order valence-corrected chi connectivity index (χ3v) is 5.71. The number of carbonyl (C=O) groups excluding carboxylic acids is 1. The Balaban J connectivity index is 1.43. The summed E-state index contributed by atoms with van der Waals surface area (Å²) in [4.78, 5) is 21.4. The number of amides is 1. The number of nitrogens with zero attached hydrogens (tertiary/aromatic N) is 3. The average Bonchev–Trinajstić information content (AvgIpc) is 2.69. The minimum absolute atomic E-state index is 0.208. The minimum Gasteiger partial charge on any atom is -0.342 e. The van der Waals surface area contributed by atoms with Gasteiger partial charge in [0, 0.05) is 55.5 Å². The molecule has 1 fully saturated rings. The summed E-state index contributed by atoms with van der Waals surface area (Å²) < 4.78 is 1.04. The lowest BCUT2D eigenvalue weighted by Gasteiger charge is -2.36. The summed E-state index contributed by atoms with van der Waals surface area (Å²) in [6.07, 6.45) is 5.41. The molecule has 0 saturated carbocycles. The van der Waals surface area contributed by atoms with E-state index in [-0.39, 0.29) is 5.91 Å². The number of pyridine rings is 1. The van der Waals surface area contributed by atoms with E-state index in [4.69, 9.17) is 0 Å². The molecule has 1 saturated heterocycles. The highest BCUT2D eigenvalue weighted by molar-refractivity contribution is 9.10. The molecule has 26 heavy (non-hydrogen) atoms.